The van der Waals surface area contributed by atoms with Gasteiger partial charge in [-0.05, 0) is 6.07 Å². The van der Waals surface area contributed by atoms with Gasteiger partial charge in [-0.2, -0.15) is 5.26 Å². The smallest absolute Gasteiger partial charge is 0.273 e. The van der Waals surface area contributed by atoms with Gasteiger partial charge in [-0.3, -0.25) is 14.9 Å². The van der Waals surface area contributed by atoms with Crippen LogP contribution >= 0.6 is 0 Å². The molecule has 0 bridgehead atoms. The maximum Gasteiger partial charge on any atom is 0.273 e. The number of amides is 1. The van der Waals surface area contributed by atoms with Gasteiger partial charge < -0.3 is 9.64 Å². The molecule has 1 aromatic rings. The van der Waals surface area contributed by atoms with E-state index < -0.39 is 28.4 Å². The van der Waals surface area contributed by atoms with Gasteiger partial charge in [0.2, 0.25) is 0 Å². The zero-order chi connectivity index (χ0) is 14.7. The molecule has 1 fully saturated rings. The van der Waals surface area contributed by atoms with Crippen molar-refractivity contribution < 1.29 is 18.8 Å². The number of nitro groups is 1. The first-order valence-electron chi connectivity index (χ1n) is 5.76. The Bertz CT molecular complexity index is 599. The van der Waals surface area contributed by atoms with E-state index in [1.807, 2.05) is 6.07 Å². The number of morpholine rings is 1. The molecular formula is C12H10FN3O4. The van der Waals surface area contributed by atoms with Crippen molar-refractivity contribution in [1.29, 1.82) is 5.26 Å². The van der Waals surface area contributed by atoms with E-state index in [9.17, 15) is 19.3 Å². The lowest BCUT2D eigenvalue weighted by Crippen LogP contribution is -2.45. The Labute approximate surface area is 113 Å². The Morgan fingerprint density at radius 3 is 2.95 bits per heavy atom. The molecule has 2 rings (SSSR count). The minimum atomic E-state index is -0.854. The number of hydrogen-bond donors (Lipinski definition) is 0. The molecule has 1 heterocycles. The SMILES string of the molecule is N#CC1CN(C(=O)c2cc(F)cc([N+](=O)[O-])c2)CCO1. The molecule has 0 aromatic heterocycles. The number of halogens is 1. The van der Waals surface area contributed by atoms with E-state index in [-0.39, 0.29) is 25.3 Å². The summed E-state index contributed by atoms with van der Waals surface area (Å²) in [6.07, 6.45) is -0.740. The van der Waals surface area contributed by atoms with Gasteiger partial charge in [-0.15, -0.1) is 0 Å². The topological polar surface area (TPSA) is 96.5 Å². The average molecular weight is 279 g/mol. The van der Waals surface area contributed by atoms with Gasteiger partial charge in [0.15, 0.2) is 6.10 Å². The Hall–Kier alpha value is -2.53. The summed E-state index contributed by atoms with van der Waals surface area (Å²) in [4.78, 5) is 23.4. The second-order valence-corrected chi connectivity index (χ2v) is 4.19. The molecule has 0 radical (unpaired) electrons. The van der Waals surface area contributed by atoms with Crippen molar-refractivity contribution in [2.24, 2.45) is 0 Å². The average Bonchev–Trinajstić information content (AvgIpc) is 2.45. The highest BCUT2D eigenvalue weighted by atomic mass is 19.1. The molecule has 0 aliphatic carbocycles. The number of ether oxygens (including phenoxy) is 1. The van der Waals surface area contributed by atoms with Gasteiger partial charge in [0, 0.05) is 18.2 Å². The molecule has 1 aliphatic rings. The van der Waals surface area contributed by atoms with Crippen LogP contribution < -0.4 is 0 Å². The van der Waals surface area contributed by atoms with E-state index in [1.165, 1.54) is 4.90 Å². The lowest BCUT2D eigenvalue weighted by molar-refractivity contribution is -0.385. The standard InChI is InChI=1S/C12H10FN3O4/c13-9-3-8(4-10(5-9)16(18)19)12(17)15-1-2-20-11(6-14)7-15/h3-5,11H,1-2,7H2. The lowest BCUT2D eigenvalue weighted by Gasteiger charge is -2.29. The summed E-state index contributed by atoms with van der Waals surface area (Å²) in [5.41, 5.74) is -0.603. The van der Waals surface area contributed by atoms with E-state index in [0.29, 0.717) is 0 Å². The van der Waals surface area contributed by atoms with Gasteiger partial charge >= 0.3 is 0 Å². The number of non-ortho nitro benzene ring substituents is 1. The van der Waals surface area contributed by atoms with Crippen LogP contribution in [-0.2, 0) is 4.74 Å². The zero-order valence-corrected chi connectivity index (χ0v) is 10.3. The predicted octanol–water partition coefficient (Wildman–Crippen LogP) is 1.10. The molecule has 0 spiro atoms. The minimum Gasteiger partial charge on any atom is -0.360 e. The molecular weight excluding hydrogens is 269 g/mol. The van der Waals surface area contributed by atoms with Crippen LogP contribution in [0.3, 0.4) is 0 Å². The number of nitro benzene ring substituents is 1. The van der Waals surface area contributed by atoms with Crippen LogP contribution in [0.4, 0.5) is 10.1 Å². The third kappa shape index (κ3) is 2.89. The molecule has 0 saturated carbocycles. The first kappa shape index (κ1) is 13.9. The number of benzene rings is 1. The van der Waals surface area contributed by atoms with Crippen molar-refractivity contribution in [2.45, 2.75) is 6.10 Å². The van der Waals surface area contributed by atoms with Crippen molar-refractivity contribution >= 4 is 11.6 Å². The molecule has 1 aliphatic heterocycles. The third-order valence-electron chi connectivity index (χ3n) is 2.84. The normalized spacial score (nSPS) is 18.4. The Kier molecular flexibility index (Phi) is 3.91. The van der Waals surface area contributed by atoms with Crippen molar-refractivity contribution in [1.82, 2.24) is 4.90 Å². The number of hydrogen-bond acceptors (Lipinski definition) is 5. The van der Waals surface area contributed by atoms with Gasteiger partial charge in [-0.1, -0.05) is 0 Å². The molecule has 8 heteroatoms. The maximum absolute atomic E-state index is 13.3. The lowest BCUT2D eigenvalue weighted by atomic mass is 10.1. The van der Waals surface area contributed by atoms with Crippen molar-refractivity contribution in [3.63, 3.8) is 0 Å². The first-order chi connectivity index (χ1) is 9.51. The molecule has 1 atom stereocenters. The van der Waals surface area contributed by atoms with E-state index >= 15 is 0 Å². The molecule has 1 unspecified atom stereocenters. The molecule has 1 amide bonds. The van der Waals surface area contributed by atoms with Crippen LogP contribution in [0.1, 0.15) is 10.4 Å². The van der Waals surface area contributed by atoms with Crippen LogP contribution in [-0.4, -0.2) is 41.5 Å². The summed E-state index contributed by atoms with van der Waals surface area (Å²) in [6.45, 7) is 0.502. The van der Waals surface area contributed by atoms with E-state index in [1.54, 1.807) is 0 Å². The minimum absolute atomic E-state index is 0.0552. The van der Waals surface area contributed by atoms with Crippen molar-refractivity contribution in [3.8, 4) is 6.07 Å². The Morgan fingerprint density at radius 2 is 2.30 bits per heavy atom. The Balaban J connectivity index is 2.25. The highest BCUT2D eigenvalue weighted by molar-refractivity contribution is 5.95. The zero-order valence-electron chi connectivity index (χ0n) is 10.3. The van der Waals surface area contributed by atoms with Crippen molar-refractivity contribution in [2.75, 3.05) is 19.7 Å². The Morgan fingerprint density at radius 1 is 1.55 bits per heavy atom. The molecule has 0 N–H and O–H groups in total. The van der Waals surface area contributed by atoms with Crippen molar-refractivity contribution in [3.05, 3.63) is 39.7 Å². The number of carbonyl (C=O) groups excluding carboxylic acids is 1. The fourth-order valence-corrected chi connectivity index (χ4v) is 1.90. The van der Waals surface area contributed by atoms with E-state index in [0.717, 1.165) is 18.2 Å². The van der Waals surface area contributed by atoms with E-state index in [4.69, 9.17) is 10.00 Å². The van der Waals surface area contributed by atoms with E-state index in [2.05, 4.69) is 0 Å². The van der Waals surface area contributed by atoms with Crippen LogP contribution in [0.15, 0.2) is 18.2 Å². The second kappa shape index (κ2) is 5.63. The maximum atomic E-state index is 13.3. The fourth-order valence-electron chi connectivity index (χ4n) is 1.90. The highest BCUT2D eigenvalue weighted by Gasteiger charge is 2.26. The fraction of sp³-hybridized carbons (Fsp3) is 0.333. The number of nitrogens with zero attached hydrogens (tertiary/aromatic N) is 3. The van der Waals surface area contributed by atoms with Crippen LogP contribution in [0, 0.1) is 27.3 Å². The molecule has 7 nitrogen and oxygen atoms in total. The first-order valence-corrected chi connectivity index (χ1v) is 5.76. The molecule has 1 saturated heterocycles. The van der Waals surface area contributed by atoms with Gasteiger partial charge in [0.1, 0.15) is 5.82 Å². The number of nitriles is 1. The summed E-state index contributed by atoms with van der Waals surface area (Å²) < 4.78 is 18.4. The van der Waals surface area contributed by atoms with Crippen LogP contribution in [0.5, 0.6) is 0 Å². The largest absolute Gasteiger partial charge is 0.360 e. The third-order valence-corrected chi connectivity index (χ3v) is 2.84. The quantitative estimate of drug-likeness (QED) is 0.596. The number of rotatable bonds is 2. The van der Waals surface area contributed by atoms with Gasteiger partial charge in [0.25, 0.3) is 11.6 Å². The summed E-state index contributed by atoms with van der Waals surface area (Å²) in [5.74, 6) is -1.41. The van der Waals surface area contributed by atoms with Gasteiger partial charge in [0.05, 0.1) is 30.2 Å². The van der Waals surface area contributed by atoms with Gasteiger partial charge in [-0.25, -0.2) is 4.39 Å². The number of carbonyl (C=O) groups is 1. The van der Waals surface area contributed by atoms with Crippen LogP contribution in [0.2, 0.25) is 0 Å². The highest BCUT2D eigenvalue weighted by Crippen LogP contribution is 2.18. The summed E-state index contributed by atoms with van der Waals surface area (Å²) >= 11 is 0. The second-order valence-electron chi connectivity index (χ2n) is 4.19. The molecule has 1 aromatic carbocycles. The summed E-state index contributed by atoms with van der Waals surface area (Å²) in [5, 5.41) is 19.4. The summed E-state index contributed by atoms with van der Waals surface area (Å²) in [6, 6.07) is 4.58. The monoisotopic (exact) mass is 279 g/mol. The molecule has 20 heavy (non-hydrogen) atoms. The summed E-state index contributed by atoms with van der Waals surface area (Å²) in [7, 11) is 0. The van der Waals surface area contributed by atoms with Crippen LogP contribution in [0.25, 0.3) is 0 Å². The molecule has 104 valence electrons. The predicted molar refractivity (Wildman–Crippen MR) is 64.3 cm³/mol.